The minimum Gasteiger partial charge on any atom is -0.370 e. The molecule has 2 aliphatic rings. The van der Waals surface area contributed by atoms with Crippen LogP contribution in [0.1, 0.15) is 30.1 Å². The summed E-state index contributed by atoms with van der Waals surface area (Å²) < 4.78 is 0. The Labute approximate surface area is 118 Å². The summed E-state index contributed by atoms with van der Waals surface area (Å²) in [5, 5.41) is 1.19. The van der Waals surface area contributed by atoms with Crippen molar-refractivity contribution in [2.45, 2.75) is 31.8 Å². The Balaban J connectivity index is 1.73. The third-order valence-electron chi connectivity index (χ3n) is 4.20. The van der Waals surface area contributed by atoms with Gasteiger partial charge in [0.1, 0.15) is 0 Å². The summed E-state index contributed by atoms with van der Waals surface area (Å²) in [5.41, 5.74) is 9.44. The lowest BCUT2D eigenvalue weighted by atomic mass is 10.0. The molecule has 0 saturated heterocycles. The van der Waals surface area contributed by atoms with E-state index in [9.17, 15) is 0 Å². The van der Waals surface area contributed by atoms with Crippen molar-refractivity contribution < 1.29 is 0 Å². The number of aliphatic imine (C=N–C) groups is 1. The molecule has 4 heteroatoms. The molecule has 2 aromatic rings. The van der Waals surface area contributed by atoms with Crippen LogP contribution in [0.15, 0.2) is 35.3 Å². The van der Waals surface area contributed by atoms with Gasteiger partial charge in [-0.15, -0.1) is 0 Å². The van der Waals surface area contributed by atoms with E-state index < -0.39 is 0 Å². The molecular weight excluding hydrogens is 248 g/mol. The number of nitrogens with two attached hydrogens (primary N) is 1. The Morgan fingerprint density at radius 2 is 2.05 bits per heavy atom. The van der Waals surface area contributed by atoms with E-state index in [1.807, 2.05) is 6.92 Å². The van der Waals surface area contributed by atoms with Crippen LogP contribution in [0.4, 0.5) is 0 Å². The summed E-state index contributed by atoms with van der Waals surface area (Å²) in [6.07, 6.45) is 2.47. The van der Waals surface area contributed by atoms with Crippen LogP contribution in [0.5, 0.6) is 0 Å². The Kier molecular flexibility index (Phi) is 2.46. The molecule has 0 spiro atoms. The Morgan fingerprint density at radius 1 is 1.20 bits per heavy atom. The van der Waals surface area contributed by atoms with Crippen LogP contribution in [-0.4, -0.2) is 28.4 Å². The van der Waals surface area contributed by atoms with Gasteiger partial charge in [0.25, 0.3) is 0 Å². The van der Waals surface area contributed by atoms with Crippen molar-refractivity contribution in [1.29, 1.82) is 0 Å². The Hall–Kier alpha value is -2.10. The second-order valence-corrected chi connectivity index (χ2v) is 5.76. The SMILES string of the molecule is Cc1ccc2cc(C3CN=C(N)N3C3CC3)ccc2n1. The maximum Gasteiger partial charge on any atom is 0.192 e. The van der Waals surface area contributed by atoms with Crippen molar-refractivity contribution in [3.63, 3.8) is 0 Å². The van der Waals surface area contributed by atoms with Crippen LogP contribution in [0.2, 0.25) is 0 Å². The van der Waals surface area contributed by atoms with Gasteiger partial charge in [-0.25, -0.2) is 0 Å². The van der Waals surface area contributed by atoms with Gasteiger partial charge in [0.05, 0.1) is 18.1 Å². The maximum absolute atomic E-state index is 6.04. The first-order valence-corrected chi connectivity index (χ1v) is 7.18. The molecule has 1 fully saturated rings. The van der Waals surface area contributed by atoms with Gasteiger partial charge in [-0.2, -0.15) is 0 Å². The lowest BCUT2D eigenvalue weighted by Crippen LogP contribution is -2.37. The summed E-state index contributed by atoms with van der Waals surface area (Å²) in [5.74, 6) is 0.708. The standard InChI is InChI=1S/C16H18N4/c1-10-2-3-11-8-12(4-7-14(11)19-10)15-9-18-16(17)20(15)13-5-6-13/h2-4,7-8,13,15H,5-6,9H2,1H3,(H2,17,18). The maximum atomic E-state index is 6.04. The fourth-order valence-electron chi connectivity index (χ4n) is 3.02. The number of guanidine groups is 1. The Morgan fingerprint density at radius 3 is 2.85 bits per heavy atom. The average Bonchev–Trinajstić information content (AvgIpc) is 3.21. The molecule has 0 amide bonds. The van der Waals surface area contributed by atoms with Crippen molar-refractivity contribution >= 4 is 16.9 Å². The van der Waals surface area contributed by atoms with E-state index in [0.717, 1.165) is 17.8 Å². The zero-order chi connectivity index (χ0) is 13.7. The minimum atomic E-state index is 0.299. The molecular formula is C16H18N4. The first kappa shape index (κ1) is 11.7. The summed E-state index contributed by atoms with van der Waals surface area (Å²) in [4.78, 5) is 11.3. The fraction of sp³-hybridized carbons (Fsp3) is 0.375. The van der Waals surface area contributed by atoms with Crippen molar-refractivity contribution in [3.8, 4) is 0 Å². The number of benzene rings is 1. The molecule has 1 saturated carbocycles. The topological polar surface area (TPSA) is 54.5 Å². The van der Waals surface area contributed by atoms with E-state index in [0.29, 0.717) is 18.0 Å². The highest BCUT2D eigenvalue weighted by Gasteiger charge is 2.38. The molecule has 1 aromatic carbocycles. The highest BCUT2D eigenvalue weighted by Crippen LogP contribution is 2.37. The summed E-state index contributed by atoms with van der Waals surface area (Å²) in [7, 11) is 0. The van der Waals surface area contributed by atoms with E-state index in [2.05, 4.69) is 45.2 Å². The van der Waals surface area contributed by atoms with Crippen molar-refractivity contribution in [3.05, 3.63) is 41.6 Å². The molecule has 0 radical (unpaired) electrons. The minimum absolute atomic E-state index is 0.299. The number of fused-ring (bicyclic) bond motifs is 1. The molecule has 0 bridgehead atoms. The first-order valence-electron chi connectivity index (χ1n) is 7.18. The van der Waals surface area contributed by atoms with Crippen LogP contribution >= 0.6 is 0 Å². The van der Waals surface area contributed by atoms with E-state index >= 15 is 0 Å². The van der Waals surface area contributed by atoms with Crippen LogP contribution in [-0.2, 0) is 0 Å². The third-order valence-corrected chi connectivity index (χ3v) is 4.20. The van der Waals surface area contributed by atoms with Gasteiger partial charge in [0.2, 0.25) is 0 Å². The molecule has 20 heavy (non-hydrogen) atoms. The summed E-state index contributed by atoms with van der Waals surface area (Å²) >= 11 is 0. The second kappa shape index (κ2) is 4.20. The lowest BCUT2D eigenvalue weighted by molar-refractivity contribution is 0.338. The molecule has 4 rings (SSSR count). The van der Waals surface area contributed by atoms with Gasteiger partial charge in [-0.3, -0.25) is 9.98 Å². The number of hydrogen-bond donors (Lipinski definition) is 1. The molecule has 2 N–H and O–H groups in total. The Bertz CT molecular complexity index is 703. The monoisotopic (exact) mass is 266 g/mol. The predicted octanol–water partition coefficient (Wildman–Crippen LogP) is 2.38. The number of hydrogen-bond acceptors (Lipinski definition) is 4. The number of aryl methyl sites for hydroxylation is 1. The third kappa shape index (κ3) is 1.83. The average molecular weight is 266 g/mol. The number of rotatable bonds is 2. The molecule has 1 aromatic heterocycles. The first-order chi connectivity index (χ1) is 9.72. The molecule has 1 aliphatic heterocycles. The summed E-state index contributed by atoms with van der Waals surface area (Å²) in [6.45, 7) is 2.79. The zero-order valence-corrected chi connectivity index (χ0v) is 11.6. The number of aromatic nitrogens is 1. The van der Waals surface area contributed by atoms with Gasteiger partial charge >= 0.3 is 0 Å². The lowest BCUT2D eigenvalue weighted by Gasteiger charge is -2.26. The number of pyridine rings is 1. The number of nitrogens with zero attached hydrogens (tertiary/aromatic N) is 3. The molecule has 2 heterocycles. The highest BCUT2D eigenvalue weighted by atomic mass is 15.4. The molecule has 1 atom stereocenters. The normalized spacial score (nSPS) is 22.4. The summed E-state index contributed by atoms with van der Waals surface area (Å²) in [6, 6.07) is 11.6. The fourth-order valence-corrected chi connectivity index (χ4v) is 3.02. The van der Waals surface area contributed by atoms with Crippen molar-refractivity contribution in [2.75, 3.05) is 6.54 Å². The molecule has 4 nitrogen and oxygen atoms in total. The smallest absolute Gasteiger partial charge is 0.192 e. The van der Waals surface area contributed by atoms with E-state index in [1.165, 1.54) is 23.8 Å². The predicted molar refractivity (Wildman–Crippen MR) is 80.6 cm³/mol. The second-order valence-electron chi connectivity index (χ2n) is 5.76. The van der Waals surface area contributed by atoms with Crippen LogP contribution in [0.25, 0.3) is 10.9 Å². The van der Waals surface area contributed by atoms with Crippen molar-refractivity contribution in [2.24, 2.45) is 10.7 Å². The van der Waals surface area contributed by atoms with Gasteiger partial charge in [-0.05, 0) is 43.5 Å². The van der Waals surface area contributed by atoms with E-state index in [-0.39, 0.29) is 0 Å². The van der Waals surface area contributed by atoms with E-state index in [4.69, 9.17) is 5.73 Å². The quantitative estimate of drug-likeness (QED) is 0.908. The zero-order valence-electron chi connectivity index (χ0n) is 11.6. The highest BCUT2D eigenvalue weighted by molar-refractivity contribution is 5.83. The van der Waals surface area contributed by atoms with Crippen LogP contribution in [0, 0.1) is 6.92 Å². The van der Waals surface area contributed by atoms with Gasteiger partial charge < -0.3 is 10.6 Å². The van der Waals surface area contributed by atoms with Crippen LogP contribution in [0.3, 0.4) is 0 Å². The van der Waals surface area contributed by atoms with Gasteiger partial charge in [0.15, 0.2) is 5.96 Å². The molecule has 1 aliphatic carbocycles. The van der Waals surface area contributed by atoms with Crippen molar-refractivity contribution in [1.82, 2.24) is 9.88 Å². The molecule has 1 unspecified atom stereocenters. The van der Waals surface area contributed by atoms with Gasteiger partial charge in [0, 0.05) is 17.1 Å². The van der Waals surface area contributed by atoms with Gasteiger partial charge in [-0.1, -0.05) is 12.1 Å². The van der Waals surface area contributed by atoms with E-state index in [1.54, 1.807) is 0 Å². The largest absolute Gasteiger partial charge is 0.370 e. The molecule has 102 valence electrons. The van der Waals surface area contributed by atoms with Crippen LogP contribution < -0.4 is 5.73 Å².